The van der Waals surface area contributed by atoms with Crippen LogP contribution in [0, 0.1) is 0 Å². The van der Waals surface area contributed by atoms with E-state index >= 15 is 0 Å². The molecular weight excluding hydrogens is 315 g/mol. The summed E-state index contributed by atoms with van der Waals surface area (Å²) in [7, 11) is 0. The van der Waals surface area contributed by atoms with Crippen LogP contribution in [0.3, 0.4) is 0 Å². The van der Waals surface area contributed by atoms with Crippen molar-refractivity contribution in [1.82, 2.24) is 0 Å². The van der Waals surface area contributed by atoms with Gasteiger partial charge in [0, 0.05) is 18.6 Å². The van der Waals surface area contributed by atoms with Crippen molar-refractivity contribution in [3.8, 4) is 0 Å². The summed E-state index contributed by atoms with van der Waals surface area (Å²) < 4.78 is 0. The van der Waals surface area contributed by atoms with Crippen molar-refractivity contribution in [2.24, 2.45) is 0 Å². The van der Waals surface area contributed by atoms with Gasteiger partial charge >= 0.3 is 29.8 Å². The molecule has 5 N–H and O–H groups in total. The maximum Gasteiger partial charge on any atom is 0.414 e. The molecule has 0 unspecified atom stereocenters. The van der Waals surface area contributed by atoms with Gasteiger partial charge in [0.1, 0.15) is 0 Å². The Morgan fingerprint density at radius 2 is 0.632 bits per heavy atom. The van der Waals surface area contributed by atoms with Gasteiger partial charge in [-0.15, -0.1) is 0 Å². The van der Waals surface area contributed by atoms with E-state index in [0.29, 0.717) is 0 Å². The van der Waals surface area contributed by atoms with Gasteiger partial charge in [-0.25, -0.2) is 24.0 Å². The molecule has 0 amide bonds. The Hall–Kier alpha value is -2.60. The molecule has 0 bridgehead atoms. The number of carbonyl (C=O) groups excluding carboxylic acids is 1. The summed E-state index contributed by atoms with van der Waals surface area (Å²) in [5, 5.41) is 45.9. The predicted molar refractivity (Wildman–Crippen MR) is 43.2 cm³/mol. The third kappa shape index (κ3) is 31.3. The molecule has 0 aliphatic heterocycles. The molecule has 0 saturated carbocycles. The van der Waals surface area contributed by atoms with Crippen molar-refractivity contribution in [1.29, 1.82) is 0 Å². The minimum Gasteiger partial charge on any atom is -0.539 e. The van der Waals surface area contributed by atoms with E-state index in [1.165, 1.54) is 0 Å². The second kappa shape index (κ2) is 13.5. The number of carboxylic acids is 6. The first-order chi connectivity index (χ1) is 7.93. The number of carbonyl (C=O) groups is 6. The molecule has 0 spiro atoms. The Morgan fingerprint density at radius 3 is 0.632 bits per heavy atom. The van der Waals surface area contributed by atoms with Gasteiger partial charge in [0.15, 0.2) is 5.97 Å². The second-order valence-corrected chi connectivity index (χ2v) is 1.81. The first-order valence-electron chi connectivity index (χ1n) is 3.30. The van der Waals surface area contributed by atoms with Crippen LogP contribution in [0.15, 0.2) is 0 Å². The van der Waals surface area contributed by atoms with Crippen LogP contribution in [0.5, 0.6) is 0 Å². The van der Waals surface area contributed by atoms with Gasteiger partial charge in [0.25, 0.3) is 0 Å². The molecule has 0 rings (SSSR count). The minimum atomic E-state index is -2.07. The molecule has 0 atom stereocenters. The van der Waals surface area contributed by atoms with Crippen LogP contribution >= 0.6 is 0 Å². The molecule has 0 aliphatic rings. The third-order valence-electron chi connectivity index (χ3n) is 0.541. The Balaban J connectivity index is -0.0000000865. The fraction of sp³-hybridized carbons (Fsp3) is 0. The quantitative estimate of drug-likeness (QED) is 0.270. The number of rotatable bonds is 0. The van der Waals surface area contributed by atoms with E-state index in [4.69, 9.17) is 59.4 Å². The maximum atomic E-state index is 9.10. The second-order valence-electron chi connectivity index (χ2n) is 1.81. The maximum absolute atomic E-state index is 9.10. The molecule has 0 aliphatic carbocycles. The Kier molecular flexibility index (Phi) is 17.9. The van der Waals surface area contributed by atoms with E-state index in [1.54, 1.807) is 0 Å². The minimum absolute atomic E-state index is 0. The first-order valence-corrected chi connectivity index (χ1v) is 3.30. The van der Waals surface area contributed by atoms with E-state index < -0.39 is 35.8 Å². The van der Waals surface area contributed by atoms with Crippen LogP contribution < -0.4 is 5.11 Å². The van der Waals surface area contributed by atoms with E-state index in [0.717, 1.165) is 0 Å². The van der Waals surface area contributed by atoms with Crippen molar-refractivity contribution in [2.45, 2.75) is 0 Å². The van der Waals surface area contributed by atoms with Crippen molar-refractivity contribution >= 4 is 35.8 Å². The van der Waals surface area contributed by atoms with Gasteiger partial charge in [-0.2, -0.15) is 0 Å². The fourth-order valence-corrected chi connectivity index (χ4v) is 0. The zero-order chi connectivity index (χ0) is 15.5. The van der Waals surface area contributed by atoms with E-state index in [1.807, 2.05) is 0 Å². The summed E-state index contributed by atoms with van der Waals surface area (Å²) in [6.45, 7) is 0. The molecule has 1 radical (unpaired) electrons. The topological polar surface area (TPSA) is 227 Å². The third-order valence-corrected chi connectivity index (χ3v) is 0.541. The van der Waals surface area contributed by atoms with Crippen LogP contribution in [0.2, 0.25) is 0 Å². The van der Waals surface area contributed by atoms with Crippen molar-refractivity contribution < 1.29 is 78.0 Å². The zero-order valence-corrected chi connectivity index (χ0v) is 9.94. The molecule has 0 aromatic rings. The molecule has 13 heteroatoms. The molecular formula is C6H5O12V-. The smallest absolute Gasteiger partial charge is 0.414 e. The Morgan fingerprint density at radius 1 is 0.526 bits per heavy atom. The van der Waals surface area contributed by atoms with Gasteiger partial charge < -0.3 is 35.4 Å². The van der Waals surface area contributed by atoms with E-state index in [-0.39, 0.29) is 18.6 Å². The fourth-order valence-electron chi connectivity index (χ4n) is 0. The predicted octanol–water partition coefficient (Wildman–Crippen LogP) is -3.87. The summed E-state index contributed by atoms with van der Waals surface area (Å²) in [4.78, 5) is 54.4. The molecule has 19 heavy (non-hydrogen) atoms. The van der Waals surface area contributed by atoms with Crippen molar-refractivity contribution in [3.05, 3.63) is 0 Å². The van der Waals surface area contributed by atoms with Gasteiger partial charge in [-0.05, 0) is 0 Å². The molecule has 0 aromatic carbocycles. The van der Waals surface area contributed by atoms with E-state index in [2.05, 4.69) is 0 Å². The Labute approximate surface area is 114 Å². The van der Waals surface area contributed by atoms with Gasteiger partial charge in [0.2, 0.25) is 0 Å². The standard InChI is InChI=1S/3C2H2O4.V/c3*3-1(4)2(5)6;/h3*(H,3,4)(H,5,6);/p-1. The summed E-state index contributed by atoms with van der Waals surface area (Å²) >= 11 is 0. The van der Waals surface area contributed by atoms with Crippen LogP contribution in [-0.4, -0.2) is 61.3 Å². The van der Waals surface area contributed by atoms with Gasteiger partial charge in [-0.3, -0.25) is 0 Å². The molecule has 12 nitrogen and oxygen atoms in total. The molecule has 0 fully saturated rings. The summed E-state index contributed by atoms with van der Waals surface area (Å²) in [5.41, 5.74) is 0. The van der Waals surface area contributed by atoms with Crippen LogP contribution in [0.25, 0.3) is 0 Å². The number of hydrogen-bond acceptors (Lipinski definition) is 7. The molecule has 0 aromatic heterocycles. The van der Waals surface area contributed by atoms with Gasteiger partial charge in [0.05, 0.1) is 0 Å². The first kappa shape index (κ1) is 25.3. The van der Waals surface area contributed by atoms with Crippen LogP contribution in [0.1, 0.15) is 0 Å². The largest absolute Gasteiger partial charge is 0.539 e. The summed E-state index contributed by atoms with van der Waals surface area (Å²) in [6.07, 6.45) is 0. The SMILES string of the molecule is O=C(O)C(=O)O.O=C(O)C(=O)O.O=C([O-])C(=O)O.[V]. The van der Waals surface area contributed by atoms with Crippen molar-refractivity contribution in [3.63, 3.8) is 0 Å². The number of aliphatic carboxylic acids is 6. The number of hydrogen-bond donors (Lipinski definition) is 5. The van der Waals surface area contributed by atoms with Crippen molar-refractivity contribution in [2.75, 3.05) is 0 Å². The zero-order valence-electron chi connectivity index (χ0n) is 8.54. The molecule has 107 valence electrons. The van der Waals surface area contributed by atoms with E-state index in [9.17, 15) is 0 Å². The normalized spacial score (nSPS) is 6.95. The number of carboxylic acid groups (broad SMARTS) is 6. The Bertz CT molecular complexity index is 277. The average Bonchev–Trinajstić information content (AvgIpc) is 2.18. The summed E-state index contributed by atoms with van der Waals surface area (Å²) in [5.74, 6) is -11.3. The molecule has 0 saturated heterocycles. The summed E-state index contributed by atoms with van der Waals surface area (Å²) in [6, 6.07) is 0. The average molecular weight is 320 g/mol. The monoisotopic (exact) mass is 320 g/mol. The van der Waals surface area contributed by atoms with Crippen LogP contribution in [0.4, 0.5) is 0 Å². The van der Waals surface area contributed by atoms with Crippen LogP contribution in [-0.2, 0) is 47.3 Å². The molecule has 0 heterocycles. The van der Waals surface area contributed by atoms with Gasteiger partial charge in [-0.1, -0.05) is 0 Å².